The molecule has 3 radical (unpaired) electrons. The van der Waals surface area contributed by atoms with E-state index >= 15 is 0 Å². The molecule has 0 N–H and O–H groups in total. The fraction of sp³-hybridized carbons (Fsp3) is 0. The molecule has 0 aromatic rings. The van der Waals surface area contributed by atoms with Gasteiger partial charge in [0.2, 0.25) is 0 Å². The van der Waals surface area contributed by atoms with E-state index in [0.29, 0.717) is 0 Å². The van der Waals surface area contributed by atoms with Gasteiger partial charge in [-0.2, -0.15) is 0 Å². The van der Waals surface area contributed by atoms with E-state index in [2.05, 4.69) is 9.72 Å². The number of rotatable bonds is 0. The van der Waals surface area contributed by atoms with Crippen LogP contribution in [0.5, 0.6) is 0 Å². The van der Waals surface area contributed by atoms with Gasteiger partial charge in [0.05, 0.1) is 0 Å². The average molecular weight is 280 g/mol. The van der Waals surface area contributed by atoms with Gasteiger partial charge in [0.1, 0.15) is 0 Å². The van der Waals surface area contributed by atoms with E-state index < -0.39 is 18.2 Å². The van der Waals surface area contributed by atoms with Crippen LogP contribution in [0.15, 0.2) is 0 Å². The minimum absolute atomic E-state index is 0. The fourth-order valence-corrected chi connectivity index (χ4v) is 0. The predicted molar refractivity (Wildman–Crippen MR) is 23.7 cm³/mol. The van der Waals surface area contributed by atoms with E-state index in [1.54, 1.807) is 0 Å². The summed E-state index contributed by atoms with van der Waals surface area (Å²) < 4.78 is 27.0. The molecule has 0 fully saturated rings. The minimum atomic E-state index is -5.27. The second-order valence-electron chi connectivity index (χ2n) is 0.447. The Kier molecular flexibility index (Phi) is 6.00. The van der Waals surface area contributed by atoms with Crippen molar-refractivity contribution in [1.82, 2.24) is 0 Å². The summed E-state index contributed by atoms with van der Waals surface area (Å²) in [5, 5.41) is 0. The van der Waals surface area contributed by atoms with Crippen molar-refractivity contribution in [2.75, 3.05) is 0 Å². The van der Waals surface area contributed by atoms with Crippen molar-refractivity contribution in [1.29, 1.82) is 0 Å². The standard InChI is InChI=1S/AsH3.3O.S.Sb/h1H3;;;;;/q+3;;3*-1;. The van der Waals surface area contributed by atoms with Crippen LogP contribution in [0.4, 0.5) is 0 Å². The molecule has 0 amide bonds. The molecule has 6 heteroatoms. The summed E-state index contributed by atoms with van der Waals surface area (Å²) in [6, 6.07) is 0. The number of hydrogen-bond acceptors (Lipinski definition) is 4. The van der Waals surface area contributed by atoms with Crippen LogP contribution in [-0.4, -0.2) is 36.2 Å². The topological polar surface area (TPSA) is 63.2 Å². The van der Waals surface area contributed by atoms with Crippen LogP contribution in [0.1, 0.15) is 0 Å². The molecule has 0 aliphatic rings. The maximum absolute atomic E-state index is 9.01. The Morgan fingerprint density at radius 3 is 1.50 bits per heavy atom. The van der Waals surface area contributed by atoms with Crippen molar-refractivity contribution in [2.24, 2.45) is 0 Å². The molecular weight excluding hydrogens is 277 g/mol. The van der Waals surface area contributed by atoms with Crippen LogP contribution in [0, 0.1) is 0 Å². The molecule has 6 heavy (non-hydrogen) atoms. The van der Waals surface area contributed by atoms with Crippen LogP contribution >= 0.6 is 0 Å². The second-order valence-corrected chi connectivity index (χ2v) is 6.00. The zero-order valence-corrected chi connectivity index (χ0v) is 9.12. The van der Waals surface area contributed by atoms with Crippen molar-refractivity contribution >= 4 is 45.9 Å². The normalized spacial score (nSPS) is 9.83. The van der Waals surface area contributed by atoms with Gasteiger partial charge >= 0.3 is 55.7 Å². The van der Waals surface area contributed by atoms with Gasteiger partial charge in [0.25, 0.3) is 0 Å². The van der Waals surface area contributed by atoms with Crippen LogP contribution in [-0.2, 0) is 12.7 Å². The van der Waals surface area contributed by atoms with E-state index in [1.165, 1.54) is 0 Å². The summed E-state index contributed by atoms with van der Waals surface area (Å²) >= 11 is -5.27. The summed E-state index contributed by atoms with van der Waals surface area (Å²) in [4.78, 5) is 0. The molecule has 0 heterocycles. The van der Waals surface area contributed by atoms with Gasteiger partial charge in [-0.05, 0) is 0 Å². The molecule has 3 nitrogen and oxygen atoms in total. The van der Waals surface area contributed by atoms with Gasteiger partial charge in [-0.3, -0.25) is 0 Å². The SMILES string of the molecule is [AsH3+3].[O]=[Sb]([O-])([O-])[S-]. The van der Waals surface area contributed by atoms with Crippen LogP contribution in [0.3, 0.4) is 0 Å². The maximum atomic E-state index is 9.01. The molecule has 0 saturated heterocycles. The first-order valence-corrected chi connectivity index (χ1v) is 7.35. The van der Waals surface area contributed by atoms with Gasteiger partial charge in [-0.15, -0.1) is 0 Å². The van der Waals surface area contributed by atoms with Crippen molar-refractivity contribution in [3.63, 3.8) is 0 Å². The molecule has 0 rings (SSSR count). The molecule has 0 aliphatic carbocycles. The Hall–Kier alpha value is 1.45. The molecular formula is H3AsO3SSb. The summed E-state index contributed by atoms with van der Waals surface area (Å²) in [6.45, 7) is 0. The fourth-order valence-electron chi connectivity index (χ4n) is 0. The third kappa shape index (κ3) is 51.5. The molecule has 37 valence electrons. The van der Waals surface area contributed by atoms with Gasteiger partial charge in [-0.25, -0.2) is 0 Å². The third-order valence-electron chi connectivity index (χ3n) is 0. The third-order valence-corrected chi connectivity index (χ3v) is 0. The molecule has 0 saturated carbocycles. The molecule has 0 aromatic carbocycles. The zero-order valence-electron chi connectivity index (χ0n) is 2.79. The quantitative estimate of drug-likeness (QED) is 0.334. The van der Waals surface area contributed by atoms with Crippen molar-refractivity contribution < 1.29 is 9.79 Å². The van der Waals surface area contributed by atoms with Crippen LogP contribution in [0.25, 0.3) is 0 Å². The molecule has 0 aliphatic heterocycles. The summed E-state index contributed by atoms with van der Waals surface area (Å²) in [7, 11) is 3.36. The van der Waals surface area contributed by atoms with Crippen LogP contribution < -0.4 is 6.77 Å². The zero-order chi connectivity index (χ0) is 4.50. The Morgan fingerprint density at radius 1 is 1.50 bits per heavy atom. The van der Waals surface area contributed by atoms with Gasteiger partial charge in [-0.1, -0.05) is 0 Å². The van der Waals surface area contributed by atoms with E-state index in [1.807, 2.05) is 0 Å². The molecule has 1 unspecified atom stereocenters. The number of hydrogen-bond donors (Lipinski definition) is 0. The first kappa shape index (κ1) is 10.4. The monoisotopic (exact) mass is 279 g/mol. The summed E-state index contributed by atoms with van der Waals surface area (Å²) in [5.41, 5.74) is 0. The molecule has 1 atom stereocenters. The van der Waals surface area contributed by atoms with E-state index in [-0.39, 0.29) is 18.0 Å². The predicted octanol–water partition coefficient (Wildman–Crippen LogP) is -4.06. The van der Waals surface area contributed by atoms with E-state index in [4.69, 9.17) is 9.79 Å². The van der Waals surface area contributed by atoms with Gasteiger partial charge < -0.3 is 0 Å². The summed E-state index contributed by atoms with van der Waals surface area (Å²) in [5.74, 6) is 0. The molecule has 0 spiro atoms. The van der Waals surface area contributed by atoms with Crippen molar-refractivity contribution in [2.45, 2.75) is 0 Å². The first-order valence-electron chi connectivity index (χ1n) is 0.730. The van der Waals surface area contributed by atoms with E-state index in [0.717, 1.165) is 0 Å². The molecule has 0 bridgehead atoms. The molecule has 0 aromatic heterocycles. The Morgan fingerprint density at radius 2 is 1.50 bits per heavy atom. The Labute approximate surface area is 55.4 Å². The summed E-state index contributed by atoms with van der Waals surface area (Å²) in [6.07, 6.45) is 0. The van der Waals surface area contributed by atoms with Gasteiger partial charge in [0, 0.05) is 0 Å². The Bertz CT molecular complexity index is 56.9. The first-order chi connectivity index (χ1) is 2.00. The second kappa shape index (κ2) is 3.45. The van der Waals surface area contributed by atoms with Crippen LogP contribution in [0.2, 0.25) is 0 Å². The van der Waals surface area contributed by atoms with E-state index in [9.17, 15) is 0 Å². The van der Waals surface area contributed by atoms with Crippen molar-refractivity contribution in [3.05, 3.63) is 0 Å². The Balaban J connectivity index is 0. The van der Waals surface area contributed by atoms with Gasteiger partial charge in [0.15, 0.2) is 0 Å². The average Bonchev–Trinajstić information content (AvgIpc) is 0.722. The van der Waals surface area contributed by atoms with Crippen molar-refractivity contribution in [3.8, 4) is 0 Å².